The molecular weight excluding hydrogens is 364 g/mol. The number of carboxylic acid groups (broad SMARTS) is 1. The monoisotopic (exact) mass is 368 g/mol. The van der Waals surface area contributed by atoms with Crippen molar-refractivity contribution < 1.29 is 23.2 Å². The minimum Gasteiger partial charge on any atom is -0.477 e. The summed E-state index contributed by atoms with van der Waals surface area (Å²) >= 11 is 6.97. The lowest BCUT2D eigenvalue weighted by atomic mass is 10.4. The number of nitro groups is 1. The molecule has 21 heavy (non-hydrogen) atoms. The van der Waals surface area contributed by atoms with Gasteiger partial charge in [-0.1, -0.05) is 11.6 Å². The third-order valence-electron chi connectivity index (χ3n) is 2.21. The van der Waals surface area contributed by atoms with Gasteiger partial charge in [0.2, 0.25) is 0 Å². The van der Waals surface area contributed by atoms with E-state index < -0.39 is 26.6 Å². The number of sulfonamides is 1. The number of hydrogen-bond donors (Lipinski definition) is 2. The molecule has 2 rings (SSSR count). The molecule has 0 unspecified atom stereocenters. The van der Waals surface area contributed by atoms with E-state index in [1.807, 2.05) is 0 Å². The normalized spacial score (nSPS) is 11.3. The number of carboxylic acids is 1. The predicted octanol–water partition coefficient (Wildman–Crippen LogP) is 2.87. The highest BCUT2D eigenvalue weighted by Gasteiger charge is 2.26. The summed E-state index contributed by atoms with van der Waals surface area (Å²) < 4.78 is 25.6. The smallest absolute Gasteiger partial charge is 0.348 e. The Labute approximate surface area is 130 Å². The molecule has 0 aromatic carbocycles. The van der Waals surface area contributed by atoms with Crippen LogP contribution < -0.4 is 4.72 Å². The molecule has 12 heteroatoms. The summed E-state index contributed by atoms with van der Waals surface area (Å²) in [6, 6.07) is 2.11. The Morgan fingerprint density at radius 2 is 2.14 bits per heavy atom. The van der Waals surface area contributed by atoms with Gasteiger partial charge in [0.1, 0.15) is 9.09 Å². The molecule has 2 aromatic heterocycles. The highest BCUT2D eigenvalue weighted by atomic mass is 35.5. The molecular formula is C9H5ClN2O6S3. The lowest BCUT2D eigenvalue weighted by molar-refractivity contribution is -0.384. The molecule has 0 aliphatic heterocycles. The van der Waals surface area contributed by atoms with Crippen molar-refractivity contribution in [3.63, 3.8) is 0 Å². The van der Waals surface area contributed by atoms with Gasteiger partial charge in [-0.2, -0.15) is 0 Å². The predicted molar refractivity (Wildman–Crippen MR) is 78.1 cm³/mol. The maximum atomic E-state index is 12.1. The topological polar surface area (TPSA) is 127 Å². The number of carbonyl (C=O) groups is 1. The van der Waals surface area contributed by atoms with Gasteiger partial charge in [-0.05, 0) is 11.4 Å². The maximum absolute atomic E-state index is 12.1. The van der Waals surface area contributed by atoms with Crippen molar-refractivity contribution in [2.75, 3.05) is 4.72 Å². The maximum Gasteiger partial charge on any atom is 0.348 e. The van der Waals surface area contributed by atoms with Gasteiger partial charge in [0.15, 0.2) is 4.34 Å². The summed E-state index contributed by atoms with van der Waals surface area (Å²) in [7, 11) is -4.15. The molecule has 8 nitrogen and oxygen atoms in total. The Morgan fingerprint density at radius 3 is 2.67 bits per heavy atom. The summed E-state index contributed by atoms with van der Waals surface area (Å²) in [6.45, 7) is 0. The van der Waals surface area contributed by atoms with Crippen LogP contribution in [-0.2, 0) is 10.0 Å². The zero-order valence-electron chi connectivity index (χ0n) is 9.77. The minimum absolute atomic E-state index is 0.111. The number of aromatic carboxylic acids is 1. The van der Waals surface area contributed by atoms with E-state index >= 15 is 0 Å². The van der Waals surface area contributed by atoms with Crippen LogP contribution in [0.5, 0.6) is 0 Å². The Morgan fingerprint density at radius 1 is 1.48 bits per heavy atom. The second kappa shape index (κ2) is 5.60. The van der Waals surface area contributed by atoms with Gasteiger partial charge < -0.3 is 5.11 Å². The minimum atomic E-state index is -4.15. The van der Waals surface area contributed by atoms with Crippen molar-refractivity contribution in [1.29, 1.82) is 0 Å². The summed E-state index contributed by atoms with van der Waals surface area (Å²) in [4.78, 5) is 20.6. The molecule has 0 atom stereocenters. The summed E-state index contributed by atoms with van der Waals surface area (Å²) in [5.74, 6) is -1.28. The van der Waals surface area contributed by atoms with Gasteiger partial charge in [-0.25, -0.2) is 13.2 Å². The molecule has 0 aliphatic carbocycles. The van der Waals surface area contributed by atoms with Crippen LogP contribution in [0.4, 0.5) is 11.4 Å². The van der Waals surface area contributed by atoms with Crippen molar-refractivity contribution >= 4 is 61.6 Å². The van der Waals surface area contributed by atoms with E-state index in [4.69, 9.17) is 16.7 Å². The van der Waals surface area contributed by atoms with Crippen molar-refractivity contribution in [3.8, 4) is 0 Å². The van der Waals surface area contributed by atoms with Crippen LogP contribution in [-0.4, -0.2) is 24.4 Å². The average molecular weight is 369 g/mol. The molecule has 2 heterocycles. The number of rotatable bonds is 5. The zero-order chi connectivity index (χ0) is 15.8. The van der Waals surface area contributed by atoms with Gasteiger partial charge in [0, 0.05) is 6.07 Å². The van der Waals surface area contributed by atoms with Crippen LogP contribution in [0, 0.1) is 10.1 Å². The molecule has 0 aliphatic rings. The van der Waals surface area contributed by atoms with E-state index in [0.29, 0.717) is 11.3 Å². The van der Waals surface area contributed by atoms with Crippen molar-refractivity contribution in [2.45, 2.75) is 4.21 Å². The van der Waals surface area contributed by atoms with Gasteiger partial charge in [-0.15, -0.1) is 22.7 Å². The molecule has 0 saturated heterocycles. The number of halogens is 1. The average Bonchev–Trinajstić information content (AvgIpc) is 2.95. The molecule has 0 fully saturated rings. The number of hydrogen-bond acceptors (Lipinski definition) is 7. The molecule has 0 spiro atoms. The Kier molecular flexibility index (Phi) is 4.18. The van der Waals surface area contributed by atoms with Crippen molar-refractivity contribution in [1.82, 2.24) is 0 Å². The summed E-state index contributed by atoms with van der Waals surface area (Å²) in [6.07, 6.45) is 0. The van der Waals surface area contributed by atoms with Crippen molar-refractivity contribution in [2.24, 2.45) is 0 Å². The van der Waals surface area contributed by atoms with Crippen LogP contribution in [0.3, 0.4) is 0 Å². The number of nitrogens with one attached hydrogen (secondary N) is 1. The first-order valence-corrected chi connectivity index (χ1v) is 8.55. The molecule has 0 bridgehead atoms. The summed E-state index contributed by atoms with van der Waals surface area (Å²) in [5, 5.41) is 21.0. The quantitative estimate of drug-likeness (QED) is 0.617. The highest BCUT2D eigenvalue weighted by Crippen LogP contribution is 2.37. The van der Waals surface area contributed by atoms with Crippen LogP contribution in [0.25, 0.3) is 0 Å². The Balaban J connectivity index is 2.39. The number of thiophene rings is 2. The Bertz CT molecular complexity index is 824. The van der Waals surface area contributed by atoms with Gasteiger partial charge >= 0.3 is 5.97 Å². The largest absolute Gasteiger partial charge is 0.477 e. The van der Waals surface area contributed by atoms with Crippen LogP contribution in [0.1, 0.15) is 9.67 Å². The fourth-order valence-electron chi connectivity index (χ4n) is 1.35. The van der Waals surface area contributed by atoms with Crippen LogP contribution >= 0.6 is 34.3 Å². The third-order valence-corrected chi connectivity index (χ3v) is 6.29. The Hall–Kier alpha value is -1.69. The zero-order valence-corrected chi connectivity index (χ0v) is 13.0. The fourth-order valence-corrected chi connectivity index (χ4v) is 4.83. The molecule has 0 amide bonds. The van der Waals surface area contributed by atoms with Gasteiger partial charge in [0.25, 0.3) is 15.7 Å². The van der Waals surface area contributed by atoms with E-state index in [2.05, 4.69) is 4.72 Å². The molecule has 2 N–H and O–H groups in total. The second-order valence-corrected chi connectivity index (χ2v) is 8.04. The molecule has 2 aromatic rings. The van der Waals surface area contributed by atoms with E-state index in [1.165, 1.54) is 11.4 Å². The van der Waals surface area contributed by atoms with E-state index in [9.17, 15) is 23.3 Å². The van der Waals surface area contributed by atoms with E-state index in [1.54, 1.807) is 0 Å². The first-order valence-electron chi connectivity index (χ1n) is 4.99. The summed E-state index contributed by atoms with van der Waals surface area (Å²) in [5.41, 5.74) is -0.634. The standard InChI is InChI=1S/C9H5ClN2O6S3/c10-8-5(12(15)16)3-6(20-8)21(17,18)11-4-1-2-19-7(4)9(13)14/h1-3,11H,(H,13,14). The SMILES string of the molecule is O=C(O)c1sccc1NS(=O)(=O)c1cc([N+](=O)[O-])c(Cl)s1. The second-order valence-electron chi connectivity index (χ2n) is 3.56. The first-order chi connectivity index (χ1) is 9.72. The van der Waals surface area contributed by atoms with Crippen molar-refractivity contribution in [3.05, 3.63) is 36.8 Å². The lowest BCUT2D eigenvalue weighted by Crippen LogP contribution is -2.13. The first kappa shape index (κ1) is 15.7. The van der Waals surface area contributed by atoms with E-state index in [-0.39, 0.29) is 19.1 Å². The molecule has 112 valence electrons. The highest BCUT2D eigenvalue weighted by molar-refractivity contribution is 7.94. The fraction of sp³-hybridized carbons (Fsp3) is 0. The number of anilines is 1. The van der Waals surface area contributed by atoms with Crippen LogP contribution in [0.2, 0.25) is 4.34 Å². The van der Waals surface area contributed by atoms with Gasteiger partial charge in [-0.3, -0.25) is 14.8 Å². The lowest BCUT2D eigenvalue weighted by Gasteiger charge is -2.04. The molecule has 0 saturated carbocycles. The third kappa shape index (κ3) is 3.15. The molecule has 0 radical (unpaired) electrons. The van der Waals surface area contributed by atoms with Crippen LogP contribution in [0.15, 0.2) is 21.7 Å². The van der Waals surface area contributed by atoms with Gasteiger partial charge in [0.05, 0.1) is 10.6 Å². The van der Waals surface area contributed by atoms with E-state index in [0.717, 1.165) is 17.4 Å². The number of nitrogens with zero attached hydrogens (tertiary/aromatic N) is 1.